The highest BCUT2D eigenvalue weighted by Crippen LogP contribution is 2.25. The summed E-state index contributed by atoms with van der Waals surface area (Å²) < 4.78 is 0.257. The van der Waals surface area contributed by atoms with Crippen molar-refractivity contribution in [2.24, 2.45) is 17.8 Å². The van der Waals surface area contributed by atoms with E-state index in [-0.39, 0.29) is 24.1 Å². The molecule has 0 aromatic heterocycles. The molecule has 0 radical (unpaired) electrons. The van der Waals surface area contributed by atoms with Crippen molar-refractivity contribution in [3.63, 3.8) is 0 Å². The van der Waals surface area contributed by atoms with Gasteiger partial charge in [0.05, 0.1) is 26.2 Å². The van der Waals surface area contributed by atoms with Crippen LogP contribution in [0.4, 0.5) is 0 Å². The Bertz CT molecular complexity index is 632. The van der Waals surface area contributed by atoms with Gasteiger partial charge in [0, 0.05) is 0 Å². The first-order valence-electron chi connectivity index (χ1n) is 15.8. The summed E-state index contributed by atoms with van der Waals surface area (Å²) in [4.78, 5) is 35.9. The number of hydrogen-bond donors (Lipinski definition) is 3. The van der Waals surface area contributed by atoms with Crippen LogP contribution in [0.5, 0.6) is 0 Å². The second-order valence-corrected chi connectivity index (χ2v) is 11.5. The van der Waals surface area contributed by atoms with Crippen LogP contribution < -0.4 is 0 Å². The number of allylic oxidation sites excluding steroid dienone is 2. The van der Waals surface area contributed by atoms with Crippen molar-refractivity contribution < 1.29 is 34.2 Å². The molecule has 0 aliphatic carbocycles. The van der Waals surface area contributed by atoms with E-state index in [4.69, 9.17) is 0 Å². The molecule has 7 heteroatoms. The van der Waals surface area contributed by atoms with Gasteiger partial charge in [-0.2, -0.15) is 0 Å². The van der Waals surface area contributed by atoms with E-state index in [0.29, 0.717) is 25.8 Å². The molecular formula is C32H60NO6+. The van der Waals surface area contributed by atoms with Gasteiger partial charge in [0.2, 0.25) is 0 Å². The Morgan fingerprint density at radius 3 is 1.21 bits per heavy atom. The van der Waals surface area contributed by atoms with Crippen LogP contribution >= 0.6 is 0 Å². The maximum Gasteiger partial charge on any atom is 0.312 e. The van der Waals surface area contributed by atoms with Crippen molar-refractivity contribution in [3.05, 3.63) is 12.2 Å². The van der Waals surface area contributed by atoms with Gasteiger partial charge in [-0.1, -0.05) is 91.2 Å². The molecule has 0 amide bonds. The van der Waals surface area contributed by atoms with Crippen LogP contribution in [0, 0.1) is 17.8 Å². The predicted molar refractivity (Wildman–Crippen MR) is 159 cm³/mol. The van der Waals surface area contributed by atoms with E-state index >= 15 is 0 Å². The second kappa shape index (κ2) is 22.9. The number of hydrogen-bond acceptors (Lipinski definition) is 3. The van der Waals surface area contributed by atoms with Crippen molar-refractivity contribution in [1.82, 2.24) is 0 Å². The number of aliphatic carboxylic acids is 3. The second-order valence-electron chi connectivity index (χ2n) is 11.5. The molecule has 0 aromatic rings. The Morgan fingerprint density at radius 2 is 0.872 bits per heavy atom. The number of unbranched alkanes of at least 4 members (excludes halogenated alkanes) is 11. The third-order valence-electron chi connectivity index (χ3n) is 8.24. The molecule has 0 saturated carbocycles. The number of carboxylic acid groups (broad SMARTS) is 3. The van der Waals surface area contributed by atoms with Gasteiger partial charge in [0.25, 0.3) is 0 Å². The van der Waals surface area contributed by atoms with E-state index < -0.39 is 35.7 Å². The van der Waals surface area contributed by atoms with Gasteiger partial charge in [-0.3, -0.25) is 14.4 Å². The molecule has 3 unspecified atom stereocenters. The van der Waals surface area contributed by atoms with Gasteiger partial charge in [-0.15, -0.1) is 0 Å². The molecule has 0 bridgehead atoms. The van der Waals surface area contributed by atoms with Crippen molar-refractivity contribution >= 4 is 17.9 Å². The van der Waals surface area contributed by atoms with Crippen LogP contribution in [0.2, 0.25) is 0 Å². The van der Waals surface area contributed by atoms with Gasteiger partial charge < -0.3 is 19.8 Å². The third kappa shape index (κ3) is 17.4. The number of carboxylic acids is 3. The average Bonchev–Trinajstić information content (AvgIpc) is 2.90. The summed E-state index contributed by atoms with van der Waals surface area (Å²) in [5.41, 5.74) is 0. The van der Waals surface area contributed by atoms with E-state index in [1.54, 1.807) is 0 Å². The van der Waals surface area contributed by atoms with Gasteiger partial charge in [-0.25, -0.2) is 0 Å². The Labute approximate surface area is 238 Å². The summed E-state index contributed by atoms with van der Waals surface area (Å²) in [5.74, 6) is -4.52. The largest absolute Gasteiger partial charge is 0.481 e. The van der Waals surface area contributed by atoms with E-state index in [1.807, 2.05) is 20.8 Å². The fraction of sp³-hybridized carbons (Fsp3) is 0.844. The molecule has 0 fully saturated rings. The number of rotatable bonds is 27. The van der Waals surface area contributed by atoms with Crippen LogP contribution in [-0.2, 0) is 14.4 Å². The molecule has 0 spiro atoms. The maximum absolute atomic E-state index is 12.0. The molecule has 228 valence electrons. The van der Waals surface area contributed by atoms with Crippen molar-refractivity contribution in [3.8, 4) is 0 Å². The zero-order valence-corrected chi connectivity index (χ0v) is 25.5. The van der Waals surface area contributed by atoms with Crippen LogP contribution in [0.1, 0.15) is 130 Å². The highest BCUT2D eigenvalue weighted by atomic mass is 16.4. The van der Waals surface area contributed by atoms with E-state index in [1.165, 1.54) is 64.2 Å². The Morgan fingerprint density at radius 1 is 0.538 bits per heavy atom. The van der Waals surface area contributed by atoms with Crippen molar-refractivity contribution in [1.29, 1.82) is 0 Å². The van der Waals surface area contributed by atoms with Crippen LogP contribution in [-0.4, -0.2) is 63.9 Å². The molecule has 7 nitrogen and oxygen atoms in total. The van der Waals surface area contributed by atoms with E-state index in [9.17, 15) is 29.7 Å². The van der Waals surface area contributed by atoms with Gasteiger partial charge >= 0.3 is 17.9 Å². The normalized spacial score (nSPS) is 15.6. The Hall–Kier alpha value is -1.89. The summed E-state index contributed by atoms with van der Waals surface area (Å²) >= 11 is 0. The molecule has 39 heavy (non-hydrogen) atoms. The molecule has 0 rings (SSSR count). The van der Waals surface area contributed by atoms with Crippen LogP contribution in [0.15, 0.2) is 12.2 Å². The third-order valence-corrected chi connectivity index (χ3v) is 8.24. The number of quaternary nitrogens is 1. The first kappa shape index (κ1) is 37.1. The zero-order valence-electron chi connectivity index (χ0n) is 25.5. The summed E-state index contributed by atoms with van der Waals surface area (Å²) in [6.07, 6.45) is 21.3. The van der Waals surface area contributed by atoms with E-state index in [2.05, 4.69) is 19.1 Å². The van der Waals surface area contributed by atoms with Crippen LogP contribution in [0.25, 0.3) is 0 Å². The van der Waals surface area contributed by atoms with E-state index in [0.717, 1.165) is 19.3 Å². The minimum Gasteiger partial charge on any atom is -0.481 e. The lowest BCUT2D eigenvalue weighted by Crippen LogP contribution is -2.58. The summed E-state index contributed by atoms with van der Waals surface area (Å²) in [7, 11) is 0. The van der Waals surface area contributed by atoms with Gasteiger partial charge in [-0.05, 0) is 51.4 Å². The standard InChI is InChI=1S/C32H59NO6/c1-5-9-10-11-12-13-14-15-16-17-18-19-20-21-22-23-33(24-27(6-2)30(34)35,25-28(7-3)31(36)37)26-29(8-4)32(38)39/h11-12,27-29H,5-10,13-26H2,1-4H3,(H2-,34,35,36,37,38,39)/p+1/b12-11+. The van der Waals surface area contributed by atoms with Crippen molar-refractivity contribution in [2.75, 3.05) is 26.2 Å². The Kier molecular flexibility index (Phi) is 21.8. The maximum atomic E-state index is 12.0. The highest BCUT2D eigenvalue weighted by molar-refractivity contribution is 5.71. The minimum atomic E-state index is -0.890. The molecule has 0 heterocycles. The predicted octanol–water partition coefficient (Wildman–Crippen LogP) is 7.78. The first-order valence-corrected chi connectivity index (χ1v) is 15.8. The molecule has 3 N–H and O–H groups in total. The van der Waals surface area contributed by atoms with Gasteiger partial charge in [0.1, 0.15) is 17.8 Å². The minimum absolute atomic E-state index is 0.257. The lowest BCUT2D eigenvalue weighted by Gasteiger charge is -2.43. The monoisotopic (exact) mass is 554 g/mol. The summed E-state index contributed by atoms with van der Waals surface area (Å²) in [6, 6.07) is 0. The first-order chi connectivity index (χ1) is 18.7. The molecule has 0 aromatic carbocycles. The molecule has 0 aliphatic rings. The average molecular weight is 555 g/mol. The van der Waals surface area contributed by atoms with Crippen molar-refractivity contribution in [2.45, 2.75) is 130 Å². The molecule has 0 saturated heterocycles. The lowest BCUT2D eigenvalue weighted by atomic mass is 9.95. The molecular weight excluding hydrogens is 494 g/mol. The number of carbonyl (C=O) groups is 3. The summed E-state index contributed by atoms with van der Waals surface area (Å²) in [6.45, 7) is 9.21. The molecule has 3 atom stereocenters. The fourth-order valence-corrected chi connectivity index (χ4v) is 5.55. The quantitative estimate of drug-likeness (QED) is 0.0543. The number of nitrogens with zero attached hydrogens (tertiary/aromatic N) is 1. The fourth-order valence-electron chi connectivity index (χ4n) is 5.55. The van der Waals surface area contributed by atoms with Gasteiger partial charge in [0.15, 0.2) is 0 Å². The smallest absolute Gasteiger partial charge is 0.312 e. The lowest BCUT2D eigenvalue weighted by molar-refractivity contribution is -0.935. The zero-order chi connectivity index (χ0) is 29.5. The Balaban J connectivity index is 4.95. The summed E-state index contributed by atoms with van der Waals surface area (Å²) in [5, 5.41) is 29.4. The molecule has 0 aliphatic heterocycles. The highest BCUT2D eigenvalue weighted by Gasteiger charge is 2.40. The SMILES string of the molecule is CCCC/C=C/CCCCCCCCCCC[N+](CC(CC)C(=O)O)(CC(CC)C(=O)O)CC(CC)C(=O)O. The topological polar surface area (TPSA) is 112 Å². The van der Waals surface area contributed by atoms with Crippen LogP contribution in [0.3, 0.4) is 0 Å².